The average Bonchev–Trinajstić information content (AvgIpc) is 3.50. The van der Waals surface area contributed by atoms with Gasteiger partial charge < -0.3 is 9.64 Å². The van der Waals surface area contributed by atoms with Crippen LogP contribution in [-0.4, -0.2) is 60.0 Å². The summed E-state index contributed by atoms with van der Waals surface area (Å²) >= 11 is 0. The molecule has 2 aromatic carbocycles. The molecule has 1 amide bonds. The Hall–Kier alpha value is -4.04. The Kier molecular flexibility index (Phi) is 6.29. The Labute approximate surface area is 208 Å². The zero-order chi connectivity index (χ0) is 26.2. The molecule has 1 aliphatic rings. The van der Waals surface area contributed by atoms with E-state index in [2.05, 4.69) is 20.0 Å². The van der Waals surface area contributed by atoms with E-state index in [0.717, 1.165) is 11.6 Å². The predicted molar refractivity (Wildman–Crippen MR) is 125 cm³/mol. The number of hydrogen-bond acceptors (Lipinski definition) is 7. The smallest absolute Gasteiger partial charge is 0.471 e. The minimum absolute atomic E-state index is 0.0423. The summed E-state index contributed by atoms with van der Waals surface area (Å²) in [5.74, 6) is -1.23. The van der Waals surface area contributed by atoms with Crippen molar-refractivity contribution < 1.29 is 31.1 Å². The molecule has 0 radical (unpaired) electrons. The first-order valence-electron chi connectivity index (χ1n) is 11.1. The SMILES string of the molecule is O=C(N1CCc2cc(S(=O)(=O)NCCOc3ccc4nnc(-c5ccccc5)n4n3)ccc21)C(F)(F)F. The van der Waals surface area contributed by atoms with Crippen molar-refractivity contribution in [1.82, 2.24) is 24.5 Å². The number of carbonyl (C=O) groups is 1. The third-order valence-electron chi connectivity index (χ3n) is 5.66. The molecule has 3 heterocycles. The number of alkyl halides is 3. The number of nitrogens with zero attached hydrogens (tertiary/aromatic N) is 5. The number of benzene rings is 2. The first-order valence-corrected chi connectivity index (χ1v) is 12.5. The van der Waals surface area contributed by atoms with Crippen LogP contribution in [0.1, 0.15) is 5.56 Å². The van der Waals surface area contributed by atoms with Crippen LogP contribution in [0.15, 0.2) is 65.6 Å². The van der Waals surface area contributed by atoms with Crippen LogP contribution in [0.2, 0.25) is 0 Å². The minimum Gasteiger partial charge on any atom is -0.475 e. The normalized spacial score (nSPS) is 13.6. The molecule has 0 saturated heterocycles. The molecule has 0 atom stereocenters. The molecule has 5 rings (SSSR count). The molecule has 0 spiro atoms. The second-order valence-electron chi connectivity index (χ2n) is 8.07. The topological polar surface area (TPSA) is 119 Å². The standard InChI is InChI=1S/C23H19F3N6O4S/c24-23(25,26)22(33)31-12-10-16-14-17(6-7-18(16)31)37(34,35)27-11-13-36-20-9-8-19-28-29-21(32(19)30-20)15-4-2-1-3-5-15/h1-9,14,27H,10-13H2. The highest BCUT2D eigenvalue weighted by molar-refractivity contribution is 7.89. The van der Waals surface area contributed by atoms with Gasteiger partial charge in [-0.3, -0.25) is 4.79 Å². The fourth-order valence-electron chi connectivity index (χ4n) is 3.94. The van der Waals surface area contributed by atoms with Crippen LogP contribution >= 0.6 is 0 Å². The molecule has 0 saturated carbocycles. The number of halogens is 3. The number of sulfonamides is 1. The van der Waals surface area contributed by atoms with Crippen LogP contribution in [0.25, 0.3) is 17.0 Å². The number of rotatable bonds is 7. The number of hydrogen-bond donors (Lipinski definition) is 1. The highest BCUT2D eigenvalue weighted by Gasteiger charge is 2.44. The van der Waals surface area contributed by atoms with Crippen molar-refractivity contribution >= 4 is 27.3 Å². The second-order valence-corrected chi connectivity index (χ2v) is 9.84. The Morgan fingerprint density at radius 1 is 1.05 bits per heavy atom. The molecular weight excluding hydrogens is 513 g/mol. The number of carbonyl (C=O) groups excluding carboxylic acids is 1. The van der Waals surface area contributed by atoms with E-state index in [9.17, 15) is 26.4 Å². The van der Waals surface area contributed by atoms with E-state index in [1.54, 1.807) is 12.1 Å². The van der Waals surface area contributed by atoms with Crippen molar-refractivity contribution in [2.75, 3.05) is 24.6 Å². The highest BCUT2D eigenvalue weighted by atomic mass is 32.2. The fraction of sp³-hybridized carbons (Fsp3) is 0.217. The summed E-state index contributed by atoms with van der Waals surface area (Å²) in [4.78, 5) is 12.1. The molecule has 192 valence electrons. The summed E-state index contributed by atoms with van der Waals surface area (Å²) in [6.45, 7) is -0.306. The molecule has 37 heavy (non-hydrogen) atoms. The lowest BCUT2D eigenvalue weighted by Crippen LogP contribution is -2.40. The van der Waals surface area contributed by atoms with Gasteiger partial charge >= 0.3 is 12.1 Å². The summed E-state index contributed by atoms with van der Waals surface area (Å²) in [5.41, 5.74) is 1.72. The number of aromatic nitrogens is 4. The predicted octanol–water partition coefficient (Wildman–Crippen LogP) is 2.60. The van der Waals surface area contributed by atoms with Crippen molar-refractivity contribution in [3.8, 4) is 17.3 Å². The molecule has 0 aliphatic carbocycles. The summed E-state index contributed by atoms with van der Waals surface area (Å²) in [6, 6.07) is 16.2. The van der Waals surface area contributed by atoms with E-state index in [1.807, 2.05) is 30.3 Å². The maximum atomic E-state index is 12.8. The van der Waals surface area contributed by atoms with Gasteiger partial charge in [-0.05, 0) is 36.2 Å². The van der Waals surface area contributed by atoms with Crippen molar-refractivity contribution in [1.29, 1.82) is 0 Å². The Morgan fingerprint density at radius 3 is 2.59 bits per heavy atom. The maximum absolute atomic E-state index is 12.8. The van der Waals surface area contributed by atoms with Gasteiger partial charge in [0.2, 0.25) is 15.9 Å². The van der Waals surface area contributed by atoms with E-state index in [1.165, 1.54) is 16.6 Å². The van der Waals surface area contributed by atoms with Crippen LogP contribution in [0, 0.1) is 0 Å². The summed E-state index contributed by atoms with van der Waals surface area (Å²) in [7, 11) is -3.97. The largest absolute Gasteiger partial charge is 0.475 e. The van der Waals surface area contributed by atoms with Gasteiger partial charge in [-0.25, -0.2) is 13.1 Å². The number of amides is 1. The van der Waals surface area contributed by atoms with Gasteiger partial charge in [0, 0.05) is 30.4 Å². The molecule has 0 bridgehead atoms. The number of anilines is 1. The molecule has 0 unspecified atom stereocenters. The van der Waals surface area contributed by atoms with Crippen LogP contribution in [0.5, 0.6) is 5.88 Å². The maximum Gasteiger partial charge on any atom is 0.471 e. The van der Waals surface area contributed by atoms with Gasteiger partial charge in [-0.2, -0.15) is 17.7 Å². The molecule has 1 N–H and O–H groups in total. The molecule has 2 aromatic heterocycles. The van der Waals surface area contributed by atoms with Gasteiger partial charge in [0.15, 0.2) is 11.5 Å². The van der Waals surface area contributed by atoms with Gasteiger partial charge in [-0.1, -0.05) is 30.3 Å². The lowest BCUT2D eigenvalue weighted by Gasteiger charge is -2.19. The third kappa shape index (κ3) is 4.97. The number of fused-ring (bicyclic) bond motifs is 2. The average molecular weight is 533 g/mol. The highest BCUT2D eigenvalue weighted by Crippen LogP contribution is 2.33. The first kappa shape index (κ1) is 24.6. The lowest BCUT2D eigenvalue weighted by atomic mass is 10.2. The zero-order valence-electron chi connectivity index (χ0n) is 19.0. The van der Waals surface area contributed by atoms with Gasteiger partial charge in [0.25, 0.3) is 0 Å². The molecule has 4 aromatic rings. The van der Waals surface area contributed by atoms with Gasteiger partial charge in [-0.15, -0.1) is 15.3 Å². The van der Waals surface area contributed by atoms with E-state index < -0.39 is 22.1 Å². The number of ether oxygens (including phenoxy) is 1. The van der Waals surface area contributed by atoms with Crippen LogP contribution < -0.4 is 14.4 Å². The van der Waals surface area contributed by atoms with Crippen molar-refractivity contribution in [2.45, 2.75) is 17.5 Å². The van der Waals surface area contributed by atoms with Gasteiger partial charge in [0.1, 0.15) is 6.61 Å². The van der Waals surface area contributed by atoms with Gasteiger partial charge in [0.05, 0.1) is 4.90 Å². The number of nitrogens with one attached hydrogen (secondary N) is 1. The Bertz CT molecular complexity index is 1570. The van der Waals surface area contributed by atoms with Crippen molar-refractivity contribution in [3.05, 3.63) is 66.2 Å². The van der Waals surface area contributed by atoms with Crippen LogP contribution in [0.3, 0.4) is 0 Å². The van der Waals surface area contributed by atoms with E-state index in [4.69, 9.17) is 4.74 Å². The summed E-state index contributed by atoms with van der Waals surface area (Å²) in [6.07, 6.45) is -4.89. The molecule has 14 heteroatoms. The van der Waals surface area contributed by atoms with Crippen molar-refractivity contribution in [3.63, 3.8) is 0 Å². The zero-order valence-corrected chi connectivity index (χ0v) is 19.8. The Balaban J connectivity index is 1.22. The van der Waals surface area contributed by atoms with E-state index in [-0.39, 0.29) is 42.6 Å². The molecule has 10 nitrogen and oxygen atoms in total. The van der Waals surface area contributed by atoms with Crippen LogP contribution in [-0.2, 0) is 21.2 Å². The fourth-order valence-corrected chi connectivity index (χ4v) is 5.00. The van der Waals surface area contributed by atoms with Crippen LogP contribution in [0.4, 0.5) is 18.9 Å². The lowest BCUT2D eigenvalue weighted by molar-refractivity contribution is -0.170. The summed E-state index contributed by atoms with van der Waals surface area (Å²) < 4.78 is 73.3. The molecule has 0 fully saturated rings. The molecular formula is C23H19F3N6O4S. The monoisotopic (exact) mass is 532 g/mol. The molecule has 1 aliphatic heterocycles. The van der Waals surface area contributed by atoms with E-state index in [0.29, 0.717) is 21.9 Å². The second kappa shape index (κ2) is 9.44. The van der Waals surface area contributed by atoms with E-state index >= 15 is 0 Å². The third-order valence-corrected chi connectivity index (χ3v) is 7.12. The minimum atomic E-state index is -5.01. The quantitative estimate of drug-likeness (QED) is 0.364. The van der Waals surface area contributed by atoms with Crippen molar-refractivity contribution in [2.24, 2.45) is 0 Å². The Morgan fingerprint density at radius 2 is 1.84 bits per heavy atom. The summed E-state index contributed by atoms with van der Waals surface area (Å²) in [5, 5.41) is 12.6. The first-order chi connectivity index (χ1) is 17.6.